The Morgan fingerprint density at radius 3 is 2.76 bits per heavy atom. The number of nitrogens with two attached hydrogens (primary N) is 1. The molecular weight excluding hydrogens is 210 g/mol. The van der Waals surface area contributed by atoms with Crippen molar-refractivity contribution in [3.05, 3.63) is 12.2 Å². The number of hydrogen-bond donors (Lipinski definition) is 3. The molecule has 2 atom stereocenters. The van der Waals surface area contributed by atoms with Gasteiger partial charge in [0.25, 0.3) is 0 Å². The third kappa shape index (κ3) is 5.66. The topological polar surface area (TPSA) is 50.1 Å². The molecule has 0 aliphatic heterocycles. The quantitative estimate of drug-likeness (QED) is 0.463. The third-order valence-corrected chi connectivity index (χ3v) is 3.71. The molecule has 17 heavy (non-hydrogen) atoms. The number of hydrogen-bond acceptors (Lipinski definition) is 3. The summed E-state index contributed by atoms with van der Waals surface area (Å²) in [4.78, 5) is 0. The maximum Gasteiger partial charge on any atom is 0.0250 e. The normalized spacial score (nSPS) is 29.2. The maximum atomic E-state index is 5.90. The lowest BCUT2D eigenvalue weighted by Gasteiger charge is -2.13. The van der Waals surface area contributed by atoms with Gasteiger partial charge in [0.15, 0.2) is 0 Å². The van der Waals surface area contributed by atoms with Crippen LogP contribution < -0.4 is 16.4 Å². The second-order valence-electron chi connectivity index (χ2n) is 5.54. The molecule has 98 valence electrons. The summed E-state index contributed by atoms with van der Waals surface area (Å²) in [5, 5.41) is 7.13. The van der Waals surface area contributed by atoms with Crippen LogP contribution in [-0.4, -0.2) is 31.7 Å². The molecule has 0 spiro atoms. The summed E-state index contributed by atoms with van der Waals surface area (Å²) in [6.45, 7) is 3.50. The summed E-state index contributed by atoms with van der Waals surface area (Å²) in [6.07, 6.45) is 12.1. The van der Waals surface area contributed by atoms with Gasteiger partial charge in [-0.15, -0.1) is 0 Å². The van der Waals surface area contributed by atoms with Gasteiger partial charge in [0, 0.05) is 12.1 Å². The van der Waals surface area contributed by atoms with Gasteiger partial charge >= 0.3 is 0 Å². The van der Waals surface area contributed by atoms with Crippen LogP contribution in [0.4, 0.5) is 0 Å². The van der Waals surface area contributed by atoms with E-state index in [1.54, 1.807) is 0 Å². The van der Waals surface area contributed by atoms with E-state index >= 15 is 0 Å². The summed E-state index contributed by atoms with van der Waals surface area (Å²) in [7, 11) is 0. The molecule has 2 rings (SSSR count). The second kappa shape index (κ2) is 7.14. The van der Waals surface area contributed by atoms with Gasteiger partial charge in [-0.25, -0.2) is 0 Å². The van der Waals surface area contributed by atoms with E-state index in [9.17, 15) is 0 Å². The van der Waals surface area contributed by atoms with E-state index in [0.717, 1.165) is 25.4 Å². The van der Waals surface area contributed by atoms with Crippen LogP contribution in [0.25, 0.3) is 0 Å². The monoisotopic (exact) mass is 237 g/mol. The van der Waals surface area contributed by atoms with E-state index in [2.05, 4.69) is 22.8 Å². The molecule has 0 heterocycles. The Morgan fingerprint density at radius 2 is 1.94 bits per heavy atom. The Bertz CT molecular complexity index is 236. The van der Waals surface area contributed by atoms with Crippen molar-refractivity contribution in [3.8, 4) is 0 Å². The van der Waals surface area contributed by atoms with Gasteiger partial charge in [0.05, 0.1) is 0 Å². The highest BCUT2D eigenvalue weighted by atomic mass is 14.9. The highest BCUT2D eigenvalue weighted by Gasteiger charge is 2.19. The van der Waals surface area contributed by atoms with Crippen molar-refractivity contribution in [3.63, 3.8) is 0 Å². The Hall–Kier alpha value is -0.380. The zero-order valence-corrected chi connectivity index (χ0v) is 10.8. The Kier molecular flexibility index (Phi) is 5.49. The molecule has 0 unspecified atom stereocenters. The Morgan fingerprint density at radius 1 is 1.06 bits per heavy atom. The van der Waals surface area contributed by atoms with Crippen LogP contribution in [-0.2, 0) is 0 Å². The Balaban J connectivity index is 1.47. The zero-order valence-electron chi connectivity index (χ0n) is 10.8. The average Bonchev–Trinajstić information content (AvgIpc) is 3.13. The zero-order chi connectivity index (χ0) is 11.9. The summed E-state index contributed by atoms with van der Waals surface area (Å²) >= 11 is 0. The second-order valence-corrected chi connectivity index (χ2v) is 5.54. The predicted octanol–water partition coefficient (Wildman–Crippen LogP) is 1.40. The molecular formula is C14H27N3. The van der Waals surface area contributed by atoms with Crippen molar-refractivity contribution >= 4 is 0 Å². The first kappa shape index (κ1) is 13.1. The van der Waals surface area contributed by atoms with Crippen molar-refractivity contribution in [2.45, 2.75) is 50.6 Å². The third-order valence-electron chi connectivity index (χ3n) is 3.71. The summed E-state index contributed by atoms with van der Waals surface area (Å²) in [6, 6.07) is 0.828. The van der Waals surface area contributed by atoms with Crippen molar-refractivity contribution in [2.24, 2.45) is 11.7 Å². The van der Waals surface area contributed by atoms with Crippen LogP contribution in [0.2, 0.25) is 0 Å². The highest BCUT2D eigenvalue weighted by Crippen LogP contribution is 2.27. The fourth-order valence-electron chi connectivity index (χ4n) is 2.34. The van der Waals surface area contributed by atoms with E-state index in [-0.39, 0.29) is 6.04 Å². The molecule has 0 radical (unpaired) electrons. The largest absolute Gasteiger partial charge is 0.324 e. The molecule has 4 N–H and O–H groups in total. The van der Waals surface area contributed by atoms with Crippen LogP contribution in [0.15, 0.2) is 12.2 Å². The molecule has 2 aliphatic rings. The molecule has 1 saturated carbocycles. The van der Waals surface area contributed by atoms with E-state index in [1.807, 2.05) is 0 Å². The summed E-state index contributed by atoms with van der Waals surface area (Å²) in [5.41, 5.74) is 5.90. The summed E-state index contributed by atoms with van der Waals surface area (Å²) in [5.74, 6) is 0.995. The fourth-order valence-corrected chi connectivity index (χ4v) is 2.34. The minimum absolute atomic E-state index is 0.280. The molecule has 0 aromatic heterocycles. The van der Waals surface area contributed by atoms with Gasteiger partial charge in [-0.05, 0) is 64.1 Å². The van der Waals surface area contributed by atoms with Gasteiger partial charge < -0.3 is 16.4 Å². The lowest BCUT2D eigenvalue weighted by molar-refractivity contribution is 0.510. The molecule has 0 bridgehead atoms. The van der Waals surface area contributed by atoms with Crippen LogP contribution in [0.1, 0.15) is 38.5 Å². The van der Waals surface area contributed by atoms with Crippen molar-refractivity contribution in [2.75, 3.05) is 19.6 Å². The minimum Gasteiger partial charge on any atom is -0.324 e. The lowest BCUT2D eigenvalue weighted by Crippen LogP contribution is -2.30. The molecule has 0 aromatic rings. The smallest absolute Gasteiger partial charge is 0.0250 e. The lowest BCUT2D eigenvalue weighted by atomic mass is 10.1. The molecule has 0 saturated heterocycles. The van der Waals surface area contributed by atoms with E-state index in [0.29, 0.717) is 6.04 Å². The standard InChI is InChI=1S/C14H27N3/c15-13-3-1-4-14(8-7-13)17-10-2-9-16-11-12-5-6-12/h7-8,12-14,16-17H,1-6,9-11,15H2/t13-,14+/m0/s1. The molecule has 3 nitrogen and oxygen atoms in total. The van der Waals surface area contributed by atoms with Gasteiger partial charge in [0.2, 0.25) is 0 Å². The molecule has 0 amide bonds. The molecule has 1 fully saturated rings. The predicted molar refractivity (Wildman–Crippen MR) is 73.0 cm³/mol. The van der Waals surface area contributed by atoms with E-state index in [1.165, 1.54) is 38.6 Å². The first-order valence-electron chi connectivity index (χ1n) is 7.22. The Labute approximate surface area is 105 Å². The maximum absolute atomic E-state index is 5.90. The fraction of sp³-hybridized carbons (Fsp3) is 0.857. The van der Waals surface area contributed by atoms with Crippen LogP contribution in [0.5, 0.6) is 0 Å². The van der Waals surface area contributed by atoms with Crippen molar-refractivity contribution in [1.82, 2.24) is 10.6 Å². The SMILES string of the molecule is N[C@@H]1C=C[C@H](NCCCNCC2CC2)CCC1. The first-order chi connectivity index (χ1) is 8.34. The number of nitrogens with one attached hydrogen (secondary N) is 2. The van der Waals surface area contributed by atoms with E-state index < -0.39 is 0 Å². The van der Waals surface area contributed by atoms with Crippen LogP contribution in [0, 0.1) is 5.92 Å². The highest BCUT2D eigenvalue weighted by molar-refractivity contribution is 5.01. The van der Waals surface area contributed by atoms with Crippen molar-refractivity contribution < 1.29 is 0 Å². The van der Waals surface area contributed by atoms with Gasteiger partial charge in [0.1, 0.15) is 0 Å². The van der Waals surface area contributed by atoms with Gasteiger partial charge in [-0.3, -0.25) is 0 Å². The van der Waals surface area contributed by atoms with Gasteiger partial charge in [-0.2, -0.15) is 0 Å². The molecule has 0 aromatic carbocycles. The minimum atomic E-state index is 0.280. The number of rotatable bonds is 7. The van der Waals surface area contributed by atoms with Crippen LogP contribution in [0.3, 0.4) is 0 Å². The summed E-state index contributed by atoms with van der Waals surface area (Å²) < 4.78 is 0. The first-order valence-corrected chi connectivity index (χ1v) is 7.22. The molecule has 2 aliphatic carbocycles. The van der Waals surface area contributed by atoms with Crippen LogP contribution >= 0.6 is 0 Å². The van der Waals surface area contributed by atoms with Crippen molar-refractivity contribution in [1.29, 1.82) is 0 Å². The average molecular weight is 237 g/mol. The molecule has 3 heteroatoms. The van der Waals surface area contributed by atoms with Gasteiger partial charge in [-0.1, -0.05) is 12.2 Å². The van der Waals surface area contributed by atoms with E-state index in [4.69, 9.17) is 5.73 Å².